The highest BCUT2D eigenvalue weighted by atomic mass is 32.1. The van der Waals surface area contributed by atoms with E-state index in [0.717, 1.165) is 24.1 Å². The molecule has 2 amide bonds. The molecule has 0 aliphatic carbocycles. The maximum Gasteiger partial charge on any atom is 0.277 e. The molecule has 0 radical (unpaired) electrons. The summed E-state index contributed by atoms with van der Waals surface area (Å²) in [5, 5.41) is 7.94. The Morgan fingerprint density at radius 3 is 2.67 bits per heavy atom. The number of anilines is 1. The van der Waals surface area contributed by atoms with Crippen LogP contribution in [0.2, 0.25) is 0 Å². The summed E-state index contributed by atoms with van der Waals surface area (Å²) in [5.41, 5.74) is 3.24. The van der Waals surface area contributed by atoms with E-state index in [1.165, 1.54) is 42.4 Å². The van der Waals surface area contributed by atoms with Gasteiger partial charge >= 0.3 is 0 Å². The minimum atomic E-state index is -0.335. The zero-order valence-electron chi connectivity index (χ0n) is 14.8. The molecule has 8 heteroatoms. The summed E-state index contributed by atoms with van der Waals surface area (Å²) in [6.07, 6.45) is 6.20. The van der Waals surface area contributed by atoms with Crippen LogP contribution in [-0.4, -0.2) is 33.3 Å². The monoisotopic (exact) mass is 381 g/mol. The predicted molar refractivity (Wildman–Crippen MR) is 105 cm³/mol. The number of hydrogen-bond donors (Lipinski definition) is 2. The molecule has 138 valence electrons. The largest absolute Gasteiger partial charge is 0.356 e. The van der Waals surface area contributed by atoms with E-state index < -0.39 is 0 Å². The van der Waals surface area contributed by atoms with Crippen LogP contribution in [0.1, 0.15) is 29.4 Å². The lowest BCUT2D eigenvalue weighted by Gasteiger charge is -2.04. The highest BCUT2D eigenvalue weighted by Crippen LogP contribution is 2.25. The smallest absolute Gasteiger partial charge is 0.277 e. The minimum absolute atomic E-state index is 0.00363. The molecule has 0 spiro atoms. The number of aryl methyl sites for hydroxylation is 1. The normalized spacial score (nSPS) is 10.4. The summed E-state index contributed by atoms with van der Waals surface area (Å²) in [6.45, 7) is 2.20. The second-order valence-corrected chi connectivity index (χ2v) is 6.72. The van der Waals surface area contributed by atoms with Crippen LogP contribution in [0.4, 0.5) is 5.13 Å². The van der Waals surface area contributed by atoms with Crippen LogP contribution in [0, 0.1) is 0 Å². The lowest BCUT2D eigenvalue weighted by atomic mass is 10.1. The third kappa shape index (κ3) is 5.42. The predicted octanol–water partition coefficient (Wildman–Crippen LogP) is 2.92. The van der Waals surface area contributed by atoms with E-state index in [1.54, 1.807) is 0 Å². The van der Waals surface area contributed by atoms with Crippen LogP contribution in [0.25, 0.3) is 11.3 Å². The standard InChI is InChI=1S/C19H19N5O2S/c1-13(25)21-8-2-3-14-4-6-15(7-5-14)17-12-27-19(23-17)24-18(26)16-11-20-9-10-22-16/h4-7,9-12H,2-3,8H2,1H3,(H,21,25)(H,23,24,26). The summed E-state index contributed by atoms with van der Waals surface area (Å²) in [5.74, 6) is -0.338. The Morgan fingerprint density at radius 2 is 1.96 bits per heavy atom. The first-order valence-electron chi connectivity index (χ1n) is 8.48. The van der Waals surface area contributed by atoms with Gasteiger partial charge in [-0.3, -0.25) is 19.9 Å². The van der Waals surface area contributed by atoms with Gasteiger partial charge in [-0.1, -0.05) is 24.3 Å². The summed E-state index contributed by atoms with van der Waals surface area (Å²) in [4.78, 5) is 35.3. The van der Waals surface area contributed by atoms with Crippen LogP contribution in [0.3, 0.4) is 0 Å². The summed E-state index contributed by atoms with van der Waals surface area (Å²) in [6, 6.07) is 8.13. The SMILES string of the molecule is CC(=O)NCCCc1ccc(-c2csc(NC(=O)c3cnccn3)n2)cc1. The Hall–Kier alpha value is -3.13. The first-order valence-corrected chi connectivity index (χ1v) is 9.36. The lowest BCUT2D eigenvalue weighted by Crippen LogP contribution is -2.21. The van der Waals surface area contributed by atoms with E-state index in [9.17, 15) is 9.59 Å². The summed E-state index contributed by atoms with van der Waals surface area (Å²) < 4.78 is 0. The van der Waals surface area contributed by atoms with Gasteiger partial charge in [-0.15, -0.1) is 11.3 Å². The molecule has 0 fully saturated rings. The molecule has 2 aromatic heterocycles. The Labute approximate surface area is 160 Å². The fourth-order valence-corrected chi connectivity index (χ4v) is 3.16. The van der Waals surface area contributed by atoms with Crippen molar-refractivity contribution in [3.8, 4) is 11.3 Å². The van der Waals surface area contributed by atoms with Crippen LogP contribution in [-0.2, 0) is 11.2 Å². The third-order valence-electron chi connectivity index (χ3n) is 3.79. The molecule has 0 saturated heterocycles. The fourth-order valence-electron chi connectivity index (χ4n) is 2.44. The van der Waals surface area contributed by atoms with Gasteiger partial charge in [0.05, 0.1) is 11.9 Å². The molecule has 1 aromatic carbocycles. The van der Waals surface area contributed by atoms with E-state index in [2.05, 4.69) is 37.7 Å². The van der Waals surface area contributed by atoms with Gasteiger partial charge in [-0.25, -0.2) is 9.97 Å². The van der Waals surface area contributed by atoms with Crippen molar-refractivity contribution >= 4 is 28.3 Å². The third-order valence-corrected chi connectivity index (χ3v) is 4.54. The van der Waals surface area contributed by atoms with Crippen molar-refractivity contribution in [2.75, 3.05) is 11.9 Å². The van der Waals surface area contributed by atoms with Crippen molar-refractivity contribution in [3.63, 3.8) is 0 Å². The maximum absolute atomic E-state index is 12.1. The molecular weight excluding hydrogens is 362 g/mol. The molecule has 0 saturated carbocycles. The number of nitrogens with one attached hydrogen (secondary N) is 2. The molecule has 2 N–H and O–H groups in total. The molecule has 27 heavy (non-hydrogen) atoms. The van der Waals surface area contributed by atoms with E-state index in [1.807, 2.05) is 17.5 Å². The molecule has 0 unspecified atom stereocenters. The molecule has 7 nitrogen and oxygen atoms in total. The van der Waals surface area contributed by atoms with Crippen molar-refractivity contribution in [1.29, 1.82) is 0 Å². The zero-order valence-corrected chi connectivity index (χ0v) is 15.6. The number of carbonyl (C=O) groups excluding carboxylic acids is 2. The molecule has 0 aliphatic rings. The molecule has 0 aliphatic heterocycles. The second kappa shape index (κ2) is 9.00. The van der Waals surface area contributed by atoms with Crippen molar-refractivity contribution in [3.05, 3.63) is 59.5 Å². The van der Waals surface area contributed by atoms with Gasteiger partial charge in [-0.2, -0.15) is 0 Å². The van der Waals surface area contributed by atoms with Crippen LogP contribution < -0.4 is 10.6 Å². The Balaban J connectivity index is 1.57. The number of rotatable bonds is 7. The van der Waals surface area contributed by atoms with Gasteiger partial charge in [0.15, 0.2) is 5.13 Å². The van der Waals surface area contributed by atoms with Crippen molar-refractivity contribution in [1.82, 2.24) is 20.3 Å². The fraction of sp³-hybridized carbons (Fsp3) is 0.211. The van der Waals surface area contributed by atoms with E-state index >= 15 is 0 Å². The average Bonchev–Trinajstić information content (AvgIpc) is 3.15. The number of amides is 2. The van der Waals surface area contributed by atoms with Crippen molar-refractivity contribution < 1.29 is 9.59 Å². The number of hydrogen-bond acceptors (Lipinski definition) is 6. The van der Waals surface area contributed by atoms with Gasteiger partial charge in [0.25, 0.3) is 5.91 Å². The Bertz CT molecular complexity index is 909. The maximum atomic E-state index is 12.1. The van der Waals surface area contributed by atoms with Gasteiger partial charge in [0, 0.05) is 36.8 Å². The van der Waals surface area contributed by atoms with Gasteiger partial charge in [0.1, 0.15) is 5.69 Å². The van der Waals surface area contributed by atoms with E-state index in [4.69, 9.17) is 0 Å². The molecule has 3 aromatic rings. The number of nitrogens with zero attached hydrogens (tertiary/aromatic N) is 3. The topological polar surface area (TPSA) is 96.9 Å². The van der Waals surface area contributed by atoms with E-state index in [0.29, 0.717) is 11.7 Å². The highest BCUT2D eigenvalue weighted by molar-refractivity contribution is 7.14. The Kier molecular flexibility index (Phi) is 6.22. The van der Waals surface area contributed by atoms with Crippen molar-refractivity contribution in [2.45, 2.75) is 19.8 Å². The number of benzene rings is 1. The van der Waals surface area contributed by atoms with Crippen LogP contribution >= 0.6 is 11.3 Å². The van der Waals surface area contributed by atoms with Crippen molar-refractivity contribution in [2.24, 2.45) is 0 Å². The van der Waals surface area contributed by atoms with Gasteiger partial charge in [-0.05, 0) is 18.4 Å². The number of thiazole rings is 1. The van der Waals surface area contributed by atoms with E-state index in [-0.39, 0.29) is 17.5 Å². The molecule has 3 rings (SSSR count). The molecule has 0 atom stereocenters. The minimum Gasteiger partial charge on any atom is -0.356 e. The summed E-state index contributed by atoms with van der Waals surface area (Å²) >= 11 is 1.36. The van der Waals surface area contributed by atoms with Gasteiger partial charge in [0.2, 0.25) is 5.91 Å². The summed E-state index contributed by atoms with van der Waals surface area (Å²) in [7, 11) is 0. The lowest BCUT2D eigenvalue weighted by molar-refractivity contribution is -0.118. The highest BCUT2D eigenvalue weighted by Gasteiger charge is 2.11. The van der Waals surface area contributed by atoms with Crippen LogP contribution in [0.15, 0.2) is 48.2 Å². The molecular formula is C19H19N5O2S. The quantitative estimate of drug-likeness (QED) is 0.614. The Morgan fingerprint density at radius 1 is 1.15 bits per heavy atom. The number of aromatic nitrogens is 3. The average molecular weight is 381 g/mol. The molecule has 2 heterocycles. The number of carbonyl (C=O) groups is 2. The second-order valence-electron chi connectivity index (χ2n) is 5.87. The first kappa shape index (κ1) is 18.7. The van der Waals surface area contributed by atoms with Crippen LogP contribution in [0.5, 0.6) is 0 Å². The van der Waals surface area contributed by atoms with Gasteiger partial charge < -0.3 is 5.32 Å². The zero-order chi connectivity index (χ0) is 19.1. The first-order chi connectivity index (χ1) is 13.1. The molecule has 0 bridgehead atoms.